The van der Waals surface area contributed by atoms with Crippen LogP contribution in [0.1, 0.15) is 19.3 Å². The first kappa shape index (κ1) is 19.3. The summed E-state index contributed by atoms with van der Waals surface area (Å²) >= 11 is 11.7. The van der Waals surface area contributed by atoms with Crippen LogP contribution >= 0.6 is 23.2 Å². The van der Waals surface area contributed by atoms with Gasteiger partial charge in [-0.25, -0.2) is 4.79 Å². The van der Waals surface area contributed by atoms with Crippen molar-refractivity contribution in [3.8, 4) is 0 Å². The van der Waals surface area contributed by atoms with Crippen molar-refractivity contribution in [2.75, 3.05) is 25.0 Å². The normalized spacial score (nSPS) is 14.9. The largest absolute Gasteiger partial charge is 0.481 e. The number of piperidine rings is 1. The lowest BCUT2D eigenvalue weighted by molar-refractivity contribution is -0.143. The summed E-state index contributed by atoms with van der Waals surface area (Å²) in [5.41, 5.74) is 0.490. The van der Waals surface area contributed by atoms with Gasteiger partial charge in [0.25, 0.3) is 0 Å². The lowest BCUT2D eigenvalue weighted by atomic mass is 9.97. The molecule has 0 aliphatic carbocycles. The molecule has 0 saturated carbocycles. The zero-order valence-electron chi connectivity index (χ0n) is 13.4. The van der Waals surface area contributed by atoms with Gasteiger partial charge in [0, 0.05) is 41.8 Å². The fourth-order valence-corrected chi connectivity index (χ4v) is 3.10. The number of likely N-dealkylation sites (tertiary alicyclic amines) is 1. The van der Waals surface area contributed by atoms with Crippen molar-refractivity contribution in [1.82, 2.24) is 10.2 Å². The standard InChI is InChI=1S/C16H19Cl2N3O4/c17-11-7-12(18)9-13(8-11)20-14(22)1-4-19-16(25)21-5-2-10(3-6-21)15(23)24/h7-10H,1-6H2,(H,19,25)(H,20,22)(H,23,24). The van der Waals surface area contributed by atoms with E-state index in [-0.39, 0.29) is 30.8 Å². The second-order valence-electron chi connectivity index (χ2n) is 5.79. The number of carbonyl (C=O) groups is 3. The Kier molecular flexibility index (Phi) is 6.90. The predicted octanol–water partition coefficient (Wildman–Crippen LogP) is 2.83. The smallest absolute Gasteiger partial charge is 0.317 e. The molecular formula is C16H19Cl2N3O4. The Morgan fingerprint density at radius 3 is 2.28 bits per heavy atom. The lowest BCUT2D eigenvalue weighted by Gasteiger charge is -2.30. The molecule has 1 heterocycles. The number of nitrogens with one attached hydrogen (secondary N) is 2. The Labute approximate surface area is 155 Å². The number of benzene rings is 1. The molecule has 0 spiro atoms. The van der Waals surface area contributed by atoms with Gasteiger partial charge in [-0.1, -0.05) is 23.2 Å². The summed E-state index contributed by atoms with van der Waals surface area (Å²) < 4.78 is 0. The summed E-state index contributed by atoms with van der Waals surface area (Å²) in [4.78, 5) is 36.3. The van der Waals surface area contributed by atoms with Gasteiger partial charge in [-0.05, 0) is 31.0 Å². The van der Waals surface area contributed by atoms with Crippen molar-refractivity contribution in [1.29, 1.82) is 0 Å². The summed E-state index contributed by atoms with van der Waals surface area (Å²) in [6.07, 6.45) is 0.985. The van der Waals surface area contributed by atoms with Crippen LogP contribution in [0.5, 0.6) is 0 Å². The van der Waals surface area contributed by atoms with E-state index in [4.69, 9.17) is 28.3 Å². The molecule has 7 nitrogen and oxygen atoms in total. The van der Waals surface area contributed by atoms with Crippen LogP contribution in [0.25, 0.3) is 0 Å². The van der Waals surface area contributed by atoms with Crippen molar-refractivity contribution in [2.24, 2.45) is 5.92 Å². The highest BCUT2D eigenvalue weighted by atomic mass is 35.5. The molecule has 2 rings (SSSR count). The van der Waals surface area contributed by atoms with E-state index in [1.165, 1.54) is 0 Å². The van der Waals surface area contributed by atoms with E-state index >= 15 is 0 Å². The molecule has 1 aromatic carbocycles. The minimum atomic E-state index is -0.821. The molecule has 0 bridgehead atoms. The maximum absolute atomic E-state index is 12.0. The number of carboxylic acid groups (broad SMARTS) is 1. The van der Waals surface area contributed by atoms with Crippen LogP contribution in [-0.4, -0.2) is 47.5 Å². The fourth-order valence-electron chi connectivity index (χ4n) is 2.57. The van der Waals surface area contributed by atoms with Gasteiger partial charge in [0.2, 0.25) is 5.91 Å². The van der Waals surface area contributed by atoms with Crippen LogP contribution < -0.4 is 10.6 Å². The van der Waals surface area contributed by atoms with Gasteiger partial charge in [-0.2, -0.15) is 0 Å². The van der Waals surface area contributed by atoms with E-state index < -0.39 is 5.97 Å². The van der Waals surface area contributed by atoms with Crippen LogP contribution in [0, 0.1) is 5.92 Å². The Balaban J connectivity index is 1.70. The van der Waals surface area contributed by atoms with E-state index in [1.54, 1.807) is 23.1 Å². The molecule has 1 fully saturated rings. The number of nitrogens with zero attached hydrogens (tertiary/aromatic N) is 1. The maximum Gasteiger partial charge on any atom is 0.317 e. The molecule has 25 heavy (non-hydrogen) atoms. The van der Waals surface area contributed by atoms with E-state index in [2.05, 4.69) is 10.6 Å². The minimum Gasteiger partial charge on any atom is -0.481 e. The van der Waals surface area contributed by atoms with Crippen LogP contribution in [0.2, 0.25) is 10.0 Å². The van der Waals surface area contributed by atoms with E-state index in [0.717, 1.165) is 0 Å². The number of aliphatic carboxylic acids is 1. The third kappa shape index (κ3) is 6.10. The predicted molar refractivity (Wildman–Crippen MR) is 95.0 cm³/mol. The molecule has 136 valence electrons. The fraction of sp³-hybridized carbons (Fsp3) is 0.438. The van der Waals surface area contributed by atoms with Crippen molar-refractivity contribution in [2.45, 2.75) is 19.3 Å². The molecule has 1 saturated heterocycles. The van der Waals surface area contributed by atoms with E-state index in [1.807, 2.05) is 0 Å². The first-order valence-corrected chi connectivity index (χ1v) is 8.62. The SMILES string of the molecule is O=C(CCNC(=O)N1CCC(C(=O)O)CC1)Nc1cc(Cl)cc(Cl)c1. The highest BCUT2D eigenvalue weighted by Crippen LogP contribution is 2.22. The molecule has 9 heteroatoms. The average Bonchev–Trinajstić information content (AvgIpc) is 2.53. The maximum atomic E-state index is 12.0. The lowest BCUT2D eigenvalue weighted by Crippen LogP contribution is -2.46. The molecule has 0 radical (unpaired) electrons. The van der Waals surface area contributed by atoms with Crippen molar-refractivity contribution in [3.05, 3.63) is 28.2 Å². The van der Waals surface area contributed by atoms with E-state index in [9.17, 15) is 14.4 Å². The summed E-state index contributed by atoms with van der Waals surface area (Å²) in [6.45, 7) is 0.976. The van der Waals surface area contributed by atoms with Crippen molar-refractivity contribution >= 4 is 46.8 Å². The number of carboxylic acids is 1. The zero-order chi connectivity index (χ0) is 18.4. The number of rotatable bonds is 5. The van der Waals surface area contributed by atoms with Gasteiger partial charge >= 0.3 is 12.0 Å². The number of urea groups is 1. The molecule has 0 unspecified atom stereocenters. The average molecular weight is 388 g/mol. The monoisotopic (exact) mass is 387 g/mol. The second kappa shape index (κ2) is 8.92. The Morgan fingerprint density at radius 2 is 1.72 bits per heavy atom. The molecule has 1 aliphatic heterocycles. The summed E-state index contributed by atoms with van der Waals surface area (Å²) in [7, 11) is 0. The Bertz CT molecular complexity index is 641. The Hall–Kier alpha value is -1.99. The van der Waals surface area contributed by atoms with Crippen LogP contribution in [0.15, 0.2) is 18.2 Å². The van der Waals surface area contributed by atoms with Gasteiger partial charge < -0.3 is 20.6 Å². The minimum absolute atomic E-state index is 0.0987. The first-order valence-electron chi connectivity index (χ1n) is 7.86. The number of anilines is 1. The molecule has 1 aliphatic rings. The van der Waals surface area contributed by atoms with Gasteiger partial charge in [0.15, 0.2) is 0 Å². The molecule has 0 aromatic heterocycles. The molecule has 3 amide bonds. The van der Waals surface area contributed by atoms with Gasteiger partial charge in [-0.15, -0.1) is 0 Å². The van der Waals surface area contributed by atoms with Crippen LogP contribution in [-0.2, 0) is 9.59 Å². The van der Waals surface area contributed by atoms with Crippen molar-refractivity contribution in [3.63, 3.8) is 0 Å². The number of amides is 3. The third-order valence-electron chi connectivity index (χ3n) is 3.91. The van der Waals surface area contributed by atoms with Crippen LogP contribution in [0.4, 0.5) is 10.5 Å². The van der Waals surface area contributed by atoms with Crippen molar-refractivity contribution < 1.29 is 19.5 Å². The summed E-state index contributed by atoms with van der Waals surface area (Å²) in [5, 5.41) is 15.1. The number of carbonyl (C=O) groups excluding carboxylic acids is 2. The zero-order valence-corrected chi connectivity index (χ0v) is 14.9. The third-order valence-corrected chi connectivity index (χ3v) is 4.34. The summed E-state index contributed by atoms with van der Waals surface area (Å²) in [6, 6.07) is 4.43. The van der Waals surface area contributed by atoms with Gasteiger partial charge in [0.1, 0.15) is 0 Å². The number of hydrogen-bond donors (Lipinski definition) is 3. The van der Waals surface area contributed by atoms with Crippen LogP contribution in [0.3, 0.4) is 0 Å². The first-order chi connectivity index (χ1) is 11.8. The molecule has 3 N–H and O–H groups in total. The highest BCUT2D eigenvalue weighted by molar-refractivity contribution is 6.35. The highest BCUT2D eigenvalue weighted by Gasteiger charge is 2.26. The Morgan fingerprint density at radius 1 is 1.12 bits per heavy atom. The quantitative estimate of drug-likeness (QED) is 0.722. The number of halogens is 2. The van der Waals surface area contributed by atoms with E-state index in [0.29, 0.717) is 41.7 Å². The van der Waals surface area contributed by atoms with Gasteiger partial charge in [-0.3, -0.25) is 9.59 Å². The second-order valence-corrected chi connectivity index (χ2v) is 6.66. The molecular weight excluding hydrogens is 369 g/mol. The molecule has 1 aromatic rings. The van der Waals surface area contributed by atoms with Gasteiger partial charge in [0.05, 0.1) is 5.92 Å². The summed E-state index contributed by atoms with van der Waals surface area (Å²) in [5.74, 6) is -1.49. The molecule has 0 atom stereocenters. The number of hydrogen-bond acceptors (Lipinski definition) is 3. The topological polar surface area (TPSA) is 98.7 Å².